The van der Waals surface area contributed by atoms with E-state index in [1.165, 1.54) is 12.8 Å². The Morgan fingerprint density at radius 2 is 2.09 bits per heavy atom. The highest BCUT2D eigenvalue weighted by Crippen LogP contribution is 2.50. The monoisotopic (exact) mass is 154 g/mol. The van der Waals surface area contributed by atoms with Gasteiger partial charge in [0, 0.05) is 6.61 Å². The highest BCUT2D eigenvalue weighted by molar-refractivity contribution is 4.98. The van der Waals surface area contributed by atoms with Crippen LogP contribution in [0.1, 0.15) is 33.6 Å². The molecule has 0 spiro atoms. The van der Waals surface area contributed by atoms with Crippen molar-refractivity contribution in [1.29, 1.82) is 0 Å². The molecule has 11 heavy (non-hydrogen) atoms. The molecule has 1 heteroatoms. The van der Waals surface area contributed by atoms with Gasteiger partial charge in [-0.15, -0.1) is 0 Å². The fraction of sp³-hybridized carbons (Fsp3) is 1.00. The van der Waals surface area contributed by atoms with Crippen molar-refractivity contribution in [3.63, 3.8) is 0 Å². The van der Waals surface area contributed by atoms with Gasteiger partial charge in [-0.25, -0.2) is 0 Å². The molecule has 0 N–H and O–H groups in total. The largest absolute Gasteiger partial charge is 0.377 e. The number of hydrogen-bond acceptors (Lipinski definition) is 1. The van der Waals surface area contributed by atoms with Crippen molar-refractivity contribution in [2.45, 2.75) is 39.7 Å². The molecule has 2 fully saturated rings. The molecule has 0 aromatic heterocycles. The highest BCUT2D eigenvalue weighted by Gasteiger charge is 2.49. The summed E-state index contributed by atoms with van der Waals surface area (Å²) >= 11 is 0. The molecule has 0 bridgehead atoms. The van der Waals surface area contributed by atoms with Crippen molar-refractivity contribution < 1.29 is 4.74 Å². The van der Waals surface area contributed by atoms with Crippen LogP contribution in [0.3, 0.4) is 0 Å². The molecule has 0 aromatic rings. The summed E-state index contributed by atoms with van der Waals surface area (Å²) < 4.78 is 5.76. The predicted molar refractivity (Wildman–Crippen MR) is 45.4 cm³/mol. The van der Waals surface area contributed by atoms with Crippen molar-refractivity contribution in [3.8, 4) is 0 Å². The third-order valence-electron chi connectivity index (χ3n) is 3.49. The second-order valence-electron chi connectivity index (χ2n) is 4.91. The molecule has 3 unspecified atom stereocenters. The van der Waals surface area contributed by atoms with Crippen LogP contribution in [0.4, 0.5) is 0 Å². The average molecular weight is 154 g/mol. The van der Waals surface area contributed by atoms with Crippen LogP contribution in [-0.2, 0) is 4.74 Å². The smallest absolute Gasteiger partial charge is 0.0657 e. The first-order chi connectivity index (χ1) is 5.11. The summed E-state index contributed by atoms with van der Waals surface area (Å²) in [6, 6.07) is 0. The Balaban J connectivity index is 2.20. The minimum absolute atomic E-state index is 0.445. The molecule has 0 radical (unpaired) electrons. The van der Waals surface area contributed by atoms with E-state index in [1.807, 2.05) is 0 Å². The standard InChI is InChI=1S/C10H18O/c1-7-6-10(2,3)9-8(7)4-5-11-9/h7-9H,4-6H2,1-3H3. The van der Waals surface area contributed by atoms with Crippen LogP contribution in [0.2, 0.25) is 0 Å². The second kappa shape index (κ2) is 2.22. The van der Waals surface area contributed by atoms with Gasteiger partial charge >= 0.3 is 0 Å². The minimum Gasteiger partial charge on any atom is -0.377 e. The fourth-order valence-electron chi connectivity index (χ4n) is 3.09. The first-order valence-electron chi connectivity index (χ1n) is 4.73. The lowest BCUT2D eigenvalue weighted by Crippen LogP contribution is -2.26. The Labute approximate surface area is 69.1 Å². The van der Waals surface area contributed by atoms with Crippen molar-refractivity contribution in [3.05, 3.63) is 0 Å². The van der Waals surface area contributed by atoms with Crippen molar-refractivity contribution in [1.82, 2.24) is 0 Å². The van der Waals surface area contributed by atoms with Crippen LogP contribution >= 0.6 is 0 Å². The molecule has 3 atom stereocenters. The maximum Gasteiger partial charge on any atom is 0.0657 e. The summed E-state index contributed by atoms with van der Waals surface area (Å²) in [5, 5.41) is 0. The van der Waals surface area contributed by atoms with Gasteiger partial charge in [0.1, 0.15) is 0 Å². The average Bonchev–Trinajstić information content (AvgIpc) is 2.37. The van der Waals surface area contributed by atoms with E-state index in [2.05, 4.69) is 20.8 Å². The van der Waals surface area contributed by atoms with E-state index >= 15 is 0 Å². The van der Waals surface area contributed by atoms with E-state index in [9.17, 15) is 0 Å². The summed E-state index contributed by atoms with van der Waals surface area (Å²) in [4.78, 5) is 0. The molecule has 0 amide bonds. The van der Waals surface area contributed by atoms with E-state index in [0.29, 0.717) is 11.5 Å². The summed E-state index contributed by atoms with van der Waals surface area (Å²) in [5.41, 5.74) is 0.445. The Hall–Kier alpha value is -0.0400. The van der Waals surface area contributed by atoms with Crippen LogP contribution in [0.5, 0.6) is 0 Å². The lowest BCUT2D eigenvalue weighted by molar-refractivity contribution is 0.0264. The molecule has 1 aliphatic heterocycles. The summed E-state index contributed by atoms with van der Waals surface area (Å²) in [6.45, 7) is 8.07. The fourth-order valence-corrected chi connectivity index (χ4v) is 3.09. The maximum atomic E-state index is 5.76. The SMILES string of the molecule is CC1CC(C)(C)C2OCCC12. The van der Waals surface area contributed by atoms with Crippen LogP contribution in [0.25, 0.3) is 0 Å². The van der Waals surface area contributed by atoms with Crippen LogP contribution in [0, 0.1) is 17.3 Å². The first-order valence-corrected chi connectivity index (χ1v) is 4.73. The molecule has 1 heterocycles. The maximum absolute atomic E-state index is 5.76. The molecule has 64 valence electrons. The van der Waals surface area contributed by atoms with Crippen LogP contribution in [0.15, 0.2) is 0 Å². The van der Waals surface area contributed by atoms with E-state index in [1.54, 1.807) is 0 Å². The molecule has 1 saturated carbocycles. The summed E-state index contributed by atoms with van der Waals surface area (Å²) in [7, 11) is 0. The Morgan fingerprint density at radius 3 is 2.73 bits per heavy atom. The van der Waals surface area contributed by atoms with Gasteiger partial charge in [0.15, 0.2) is 0 Å². The van der Waals surface area contributed by atoms with Crippen molar-refractivity contribution >= 4 is 0 Å². The predicted octanol–water partition coefficient (Wildman–Crippen LogP) is 2.46. The third-order valence-corrected chi connectivity index (χ3v) is 3.49. The summed E-state index contributed by atoms with van der Waals surface area (Å²) in [6.07, 6.45) is 3.22. The van der Waals surface area contributed by atoms with E-state index in [-0.39, 0.29) is 0 Å². The molecular weight excluding hydrogens is 136 g/mol. The summed E-state index contributed by atoms with van der Waals surface area (Å²) in [5.74, 6) is 1.75. The van der Waals surface area contributed by atoms with Gasteiger partial charge in [0.05, 0.1) is 6.10 Å². The van der Waals surface area contributed by atoms with E-state index < -0.39 is 0 Å². The lowest BCUT2D eigenvalue weighted by Gasteiger charge is -2.24. The Kier molecular flexibility index (Phi) is 1.54. The van der Waals surface area contributed by atoms with E-state index in [4.69, 9.17) is 4.74 Å². The normalized spacial score (nSPS) is 47.7. The first kappa shape index (κ1) is 7.60. The zero-order valence-electron chi connectivity index (χ0n) is 7.76. The third kappa shape index (κ3) is 1.01. The minimum atomic E-state index is 0.445. The van der Waals surface area contributed by atoms with Gasteiger partial charge in [-0.1, -0.05) is 20.8 Å². The topological polar surface area (TPSA) is 9.23 Å². The van der Waals surface area contributed by atoms with Gasteiger partial charge in [-0.3, -0.25) is 0 Å². The molecule has 1 aliphatic carbocycles. The van der Waals surface area contributed by atoms with Crippen LogP contribution in [-0.4, -0.2) is 12.7 Å². The molecular formula is C10H18O. The molecule has 1 saturated heterocycles. The quantitative estimate of drug-likeness (QED) is 0.521. The molecule has 0 aromatic carbocycles. The van der Waals surface area contributed by atoms with Crippen LogP contribution < -0.4 is 0 Å². The number of ether oxygens (including phenoxy) is 1. The van der Waals surface area contributed by atoms with Gasteiger partial charge in [0.25, 0.3) is 0 Å². The van der Waals surface area contributed by atoms with Gasteiger partial charge in [0.2, 0.25) is 0 Å². The number of rotatable bonds is 0. The van der Waals surface area contributed by atoms with Crippen molar-refractivity contribution in [2.24, 2.45) is 17.3 Å². The van der Waals surface area contributed by atoms with Gasteiger partial charge in [-0.2, -0.15) is 0 Å². The number of hydrogen-bond donors (Lipinski definition) is 0. The molecule has 1 nitrogen and oxygen atoms in total. The Morgan fingerprint density at radius 1 is 1.36 bits per heavy atom. The highest BCUT2D eigenvalue weighted by atomic mass is 16.5. The zero-order valence-corrected chi connectivity index (χ0v) is 7.76. The second-order valence-corrected chi connectivity index (χ2v) is 4.91. The zero-order chi connectivity index (χ0) is 8.06. The number of fused-ring (bicyclic) bond motifs is 1. The Bertz CT molecular complexity index is 162. The van der Waals surface area contributed by atoms with Gasteiger partial charge < -0.3 is 4.74 Å². The van der Waals surface area contributed by atoms with Gasteiger partial charge in [-0.05, 0) is 30.1 Å². The van der Waals surface area contributed by atoms with Crippen molar-refractivity contribution in [2.75, 3.05) is 6.61 Å². The molecule has 2 aliphatic rings. The van der Waals surface area contributed by atoms with E-state index in [0.717, 1.165) is 18.4 Å². The molecule has 2 rings (SSSR count). The lowest BCUT2D eigenvalue weighted by atomic mass is 9.88.